The first kappa shape index (κ1) is 16.0. The normalized spacial score (nSPS) is 21.4. The number of aromatic amines is 1. The number of hydrogen-bond donors (Lipinski definition) is 2. The van der Waals surface area contributed by atoms with Crippen LogP contribution in [0.4, 0.5) is 0 Å². The van der Waals surface area contributed by atoms with Crippen LogP contribution in [0.15, 0.2) is 16.0 Å². The highest BCUT2D eigenvalue weighted by atomic mass is 32.2. The van der Waals surface area contributed by atoms with Crippen molar-refractivity contribution in [3.05, 3.63) is 22.1 Å². The molecule has 0 aromatic carbocycles. The fourth-order valence-corrected chi connectivity index (χ4v) is 3.38. The summed E-state index contributed by atoms with van der Waals surface area (Å²) in [6, 6.07) is 1.63. The Morgan fingerprint density at radius 3 is 3.10 bits per heavy atom. The third kappa shape index (κ3) is 4.86. The van der Waals surface area contributed by atoms with Crippen LogP contribution in [0.1, 0.15) is 25.0 Å². The third-order valence-corrected chi connectivity index (χ3v) is 4.45. The Hall–Kier alpha value is -1.34. The summed E-state index contributed by atoms with van der Waals surface area (Å²) in [5.74, 6) is 0.626. The largest absolute Gasteiger partial charge is 0.384 e. The number of amides is 1. The van der Waals surface area contributed by atoms with Crippen LogP contribution >= 0.6 is 11.8 Å². The number of carbonyl (C=O) groups excluding carboxylic acids is 1. The third-order valence-electron chi connectivity index (χ3n) is 3.57. The van der Waals surface area contributed by atoms with Crippen LogP contribution in [0.3, 0.4) is 0 Å². The number of thioether (sulfide) groups is 1. The maximum absolute atomic E-state index is 12.0. The molecular formula is C14H21N3O3S. The van der Waals surface area contributed by atoms with Gasteiger partial charge in [0.15, 0.2) is 5.16 Å². The zero-order chi connectivity index (χ0) is 15.2. The quantitative estimate of drug-likeness (QED) is 0.607. The fourth-order valence-electron chi connectivity index (χ4n) is 2.64. The van der Waals surface area contributed by atoms with Crippen LogP contribution in [0.25, 0.3) is 0 Å². The van der Waals surface area contributed by atoms with Gasteiger partial charge in [-0.2, -0.15) is 0 Å². The van der Waals surface area contributed by atoms with Crippen molar-refractivity contribution in [2.75, 3.05) is 19.5 Å². The Kier molecular flexibility index (Phi) is 5.81. The fraction of sp³-hybridized carbons (Fsp3) is 0.643. The summed E-state index contributed by atoms with van der Waals surface area (Å²) in [6.45, 7) is 2.44. The van der Waals surface area contributed by atoms with Gasteiger partial charge in [-0.05, 0) is 19.8 Å². The van der Waals surface area contributed by atoms with Gasteiger partial charge >= 0.3 is 0 Å². The van der Waals surface area contributed by atoms with Crippen LogP contribution in [-0.2, 0) is 9.53 Å². The van der Waals surface area contributed by atoms with Crippen LogP contribution in [0.2, 0.25) is 0 Å². The summed E-state index contributed by atoms with van der Waals surface area (Å²) in [4.78, 5) is 30.1. The van der Waals surface area contributed by atoms with Crippen molar-refractivity contribution >= 4 is 17.7 Å². The highest BCUT2D eigenvalue weighted by molar-refractivity contribution is 7.99. The van der Waals surface area contributed by atoms with E-state index in [4.69, 9.17) is 4.74 Å². The Bertz CT molecular complexity index is 547. The molecule has 0 saturated heterocycles. The van der Waals surface area contributed by atoms with Crippen molar-refractivity contribution in [1.29, 1.82) is 0 Å². The van der Waals surface area contributed by atoms with E-state index in [1.807, 2.05) is 0 Å². The molecule has 1 saturated carbocycles. The summed E-state index contributed by atoms with van der Waals surface area (Å²) in [7, 11) is 1.69. The van der Waals surface area contributed by atoms with Gasteiger partial charge in [0.25, 0.3) is 5.56 Å². The molecule has 1 fully saturated rings. The number of aromatic nitrogens is 2. The van der Waals surface area contributed by atoms with Gasteiger partial charge in [0.05, 0.1) is 12.4 Å². The zero-order valence-electron chi connectivity index (χ0n) is 12.3. The Morgan fingerprint density at radius 2 is 2.38 bits per heavy atom. The average molecular weight is 311 g/mol. The summed E-state index contributed by atoms with van der Waals surface area (Å²) in [6.07, 6.45) is 3.22. The summed E-state index contributed by atoms with van der Waals surface area (Å²) in [5, 5.41) is 3.54. The Morgan fingerprint density at radius 1 is 1.57 bits per heavy atom. The van der Waals surface area contributed by atoms with Crippen molar-refractivity contribution in [3.63, 3.8) is 0 Å². The molecule has 21 heavy (non-hydrogen) atoms. The predicted octanol–water partition coefficient (Wildman–Crippen LogP) is 1.10. The number of rotatable bonds is 6. The molecule has 1 aromatic heterocycles. The molecule has 1 heterocycles. The topological polar surface area (TPSA) is 84.1 Å². The lowest BCUT2D eigenvalue weighted by molar-refractivity contribution is -0.119. The Balaban J connectivity index is 1.83. The first-order valence-corrected chi connectivity index (χ1v) is 8.06. The molecule has 2 atom stereocenters. The molecule has 2 N–H and O–H groups in total. The molecule has 1 aromatic rings. The maximum atomic E-state index is 12.0. The van der Waals surface area contributed by atoms with Crippen LogP contribution in [-0.4, -0.2) is 41.4 Å². The number of carbonyl (C=O) groups is 1. The first-order chi connectivity index (χ1) is 10.1. The van der Waals surface area contributed by atoms with Crippen molar-refractivity contribution in [1.82, 2.24) is 15.3 Å². The number of nitrogens with zero attached hydrogens (tertiary/aromatic N) is 1. The number of H-pyrrole nitrogens is 1. The van der Waals surface area contributed by atoms with E-state index in [0.717, 1.165) is 19.3 Å². The van der Waals surface area contributed by atoms with Crippen LogP contribution in [0.5, 0.6) is 0 Å². The van der Waals surface area contributed by atoms with Crippen molar-refractivity contribution in [3.8, 4) is 0 Å². The van der Waals surface area contributed by atoms with E-state index < -0.39 is 0 Å². The molecule has 7 heteroatoms. The minimum Gasteiger partial charge on any atom is -0.384 e. The SMILES string of the molecule is COC[C@H]1CCC[C@H]1NC(=O)CSc1nc(C)cc(=O)[nH]1. The highest BCUT2D eigenvalue weighted by Gasteiger charge is 2.28. The van der Waals surface area contributed by atoms with Crippen molar-refractivity contribution < 1.29 is 9.53 Å². The Labute approximate surface area is 128 Å². The van der Waals surface area contributed by atoms with E-state index in [-0.39, 0.29) is 23.3 Å². The number of methoxy groups -OCH3 is 1. The second-order valence-corrected chi connectivity index (χ2v) is 6.26. The van der Waals surface area contributed by atoms with Crippen molar-refractivity contribution in [2.45, 2.75) is 37.4 Å². The molecular weight excluding hydrogens is 290 g/mol. The molecule has 0 bridgehead atoms. The standard InChI is InChI=1S/C14H21N3O3S/c1-9-6-12(18)17-14(15-9)21-8-13(19)16-11-5-3-4-10(11)7-20-2/h6,10-11H,3-5,7-8H2,1-2H3,(H,16,19)(H,15,17,18)/t10-,11-/m1/s1. The predicted molar refractivity (Wildman–Crippen MR) is 81.5 cm³/mol. The second-order valence-electron chi connectivity index (χ2n) is 5.30. The molecule has 116 valence electrons. The van der Waals surface area contributed by atoms with Gasteiger partial charge in [-0.1, -0.05) is 18.2 Å². The molecule has 1 aliphatic carbocycles. The van der Waals surface area contributed by atoms with Gasteiger partial charge in [-0.25, -0.2) is 4.98 Å². The molecule has 2 rings (SSSR count). The van der Waals surface area contributed by atoms with Gasteiger partial charge in [-0.15, -0.1) is 0 Å². The number of hydrogen-bond acceptors (Lipinski definition) is 5. The second kappa shape index (κ2) is 7.61. The number of aryl methyl sites for hydroxylation is 1. The summed E-state index contributed by atoms with van der Waals surface area (Å²) in [5.41, 5.74) is 0.457. The van der Waals surface area contributed by atoms with Gasteiger partial charge in [0.1, 0.15) is 0 Å². The maximum Gasteiger partial charge on any atom is 0.251 e. The molecule has 0 spiro atoms. The number of nitrogens with one attached hydrogen (secondary N) is 2. The molecule has 1 aliphatic rings. The van der Waals surface area contributed by atoms with Crippen LogP contribution < -0.4 is 10.9 Å². The molecule has 0 aliphatic heterocycles. The minimum absolute atomic E-state index is 0.0304. The van der Waals surface area contributed by atoms with Gasteiger partial charge < -0.3 is 15.0 Å². The van der Waals surface area contributed by atoms with E-state index in [2.05, 4.69) is 15.3 Å². The molecule has 1 amide bonds. The molecule has 6 nitrogen and oxygen atoms in total. The molecule has 0 radical (unpaired) electrons. The van der Waals surface area contributed by atoms with Gasteiger partial charge in [-0.3, -0.25) is 9.59 Å². The summed E-state index contributed by atoms with van der Waals surface area (Å²) < 4.78 is 5.19. The monoisotopic (exact) mass is 311 g/mol. The lowest BCUT2D eigenvalue weighted by atomic mass is 10.1. The van der Waals surface area contributed by atoms with Gasteiger partial charge in [0.2, 0.25) is 5.91 Å². The average Bonchev–Trinajstić information content (AvgIpc) is 2.83. The van der Waals surface area contributed by atoms with E-state index in [0.29, 0.717) is 23.4 Å². The van der Waals surface area contributed by atoms with E-state index in [1.54, 1.807) is 14.0 Å². The summed E-state index contributed by atoms with van der Waals surface area (Å²) >= 11 is 1.24. The number of ether oxygens (including phenoxy) is 1. The lowest BCUT2D eigenvalue weighted by Crippen LogP contribution is -2.39. The smallest absolute Gasteiger partial charge is 0.251 e. The zero-order valence-corrected chi connectivity index (χ0v) is 13.2. The molecule has 0 unspecified atom stereocenters. The van der Waals surface area contributed by atoms with Gasteiger partial charge in [0, 0.05) is 30.8 Å². The van der Waals surface area contributed by atoms with E-state index in [9.17, 15) is 9.59 Å². The van der Waals surface area contributed by atoms with E-state index in [1.165, 1.54) is 17.8 Å². The highest BCUT2D eigenvalue weighted by Crippen LogP contribution is 2.26. The minimum atomic E-state index is -0.193. The van der Waals surface area contributed by atoms with Crippen LogP contribution in [0, 0.1) is 12.8 Å². The van der Waals surface area contributed by atoms with Crippen molar-refractivity contribution in [2.24, 2.45) is 5.92 Å². The van der Waals surface area contributed by atoms with E-state index >= 15 is 0 Å². The first-order valence-electron chi connectivity index (χ1n) is 7.07. The lowest BCUT2D eigenvalue weighted by Gasteiger charge is -2.20.